The van der Waals surface area contributed by atoms with Crippen molar-refractivity contribution in [2.45, 2.75) is 39.2 Å². The first-order valence-electron chi connectivity index (χ1n) is 7.51. The molecule has 0 atom stereocenters. The van der Waals surface area contributed by atoms with Crippen LogP contribution in [0.25, 0.3) is 0 Å². The minimum atomic E-state index is -0.753. The Morgan fingerprint density at radius 3 is 2.15 bits per heavy atom. The summed E-state index contributed by atoms with van der Waals surface area (Å²) >= 11 is 0. The number of carboxylic acid groups (broad SMARTS) is 1. The molecule has 0 aromatic carbocycles. The van der Waals surface area contributed by atoms with Gasteiger partial charge in [0.15, 0.2) is 0 Å². The van der Waals surface area contributed by atoms with Crippen molar-refractivity contribution in [1.82, 2.24) is 15.1 Å². The van der Waals surface area contributed by atoms with Gasteiger partial charge in [-0.05, 0) is 12.8 Å². The number of carbonyl (C=O) groups excluding carboxylic acids is 1. The highest BCUT2D eigenvalue weighted by Crippen LogP contribution is 2.03. The number of carboxylic acids is 1. The molecule has 1 amide bonds. The van der Waals surface area contributed by atoms with Crippen molar-refractivity contribution < 1.29 is 14.7 Å². The average Bonchev–Trinajstić information content (AvgIpc) is 2.44. The van der Waals surface area contributed by atoms with Gasteiger partial charge in [-0.25, -0.2) is 0 Å². The Morgan fingerprint density at radius 1 is 1.10 bits per heavy atom. The Balaban J connectivity index is 2.21. The molecule has 0 bridgehead atoms. The lowest BCUT2D eigenvalue weighted by molar-refractivity contribution is -0.137. The van der Waals surface area contributed by atoms with E-state index in [0.29, 0.717) is 13.1 Å². The van der Waals surface area contributed by atoms with Gasteiger partial charge in [-0.1, -0.05) is 13.8 Å². The fourth-order valence-electron chi connectivity index (χ4n) is 2.39. The molecule has 1 heterocycles. The summed E-state index contributed by atoms with van der Waals surface area (Å²) in [7, 11) is 0. The molecule has 0 aromatic heterocycles. The van der Waals surface area contributed by atoms with Crippen molar-refractivity contribution in [2.75, 3.05) is 39.3 Å². The molecule has 0 spiro atoms. The van der Waals surface area contributed by atoms with Crippen LogP contribution in [-0.4, -0.2) is 72.1 Å². The lowest BCUT2D eigenvalue weighted by atomic mass is 10.2. The Morgan fingerprint density at radius 2 is 1.65 bits per heavy atom. The van der Waals surface area contributed by atoms with E-state index in [2.05, 4.69) is 29.0 Å². The number of amides is 1. The highest BCUT2D eigenvalue weighted by atomic mass is 16.4. The van der Waals surface area contributed by atoms with Crippen molar-refractivity contribution in [3.63, 3.8) is 0 Å². The van der Waals surface area contributed by atoms with Gasteiger partial charge in [-0.3, -0.25) is 14.5 Å². The van der Waals surface area contributed by atoms with E-state index in [1.165, 1.54) is 0 Å². The highest BCUT2D eigenvalue weighted by Gasteiger charge is 2.19. The molecule has 2 N–H and O–H groups in total. The quantitative estimate of drug-likeness (QED) is 0.675. The van der Waals surface area contributed by atoms with Crippen LogP contribution >= 0.6 is 0 Å². The Labute approximate surface area is 121 Å². The fourth-order valence-corrected chi connectivity index (χ4v) is 2.39. The molecule has 1 aliphatic heterocycles. The van der Waals surface area contributed by atoms with Crippen LogP contribution < -0.4 is 5.32 Å². The van der Waals surface area contributed by atoms with Crippen molar-refractivity contribution in [3.05, 3.63) is 0 Å². The lowest BCUT2D eigenvalue weighted by Crippen LogP contribution is -2.50. The van der Waals surface area contributed by atoms with E-state index in [0.717, 1.165) is 39.0 Å². The Kier molecular flexibility index (Phi) is 7.54. The SMILES string of the molecule is CCC(CC)NC(=O)CN1CCN(CCC(=O)O)CC1. The molecule has 20 heavy (non-hydrogen) atoms. The molecule has 1 saturated heterocycles. The normalized spacial score (nSPS) is 17.4. The number of nitrogens with zero attached hydrogens (tertiary/aromatic N) is 2. The van der Waals surface area contributed by atoms with E-state index in [-0.39, 0.29) is 18.4 Å². The largest absolute Gasteiger partial charge is 0.481 e. The number of hydrogen-bond donors (Lipinski definition) is 2. The fraction of sp³-hybridized carbons (Fsp3) is 0.857. The Hall–Kier alpha value is -1.14. The van der Waals surface area contributed by atoms with Crippen LogP contribution in [0.15, 0.2) is 0 Å². The molecule has 0 aromatic rings. The van der Waals surface area contributed by atoms with Crippen molar-refractivity contribution in [3.8, 4) is 0 Å². The molecule has 1 rings (SSSR count). The maximum Gasteiger partial charge on any atom is 0.304 e. The summed E-state index contributed by atoms with van der Waals surface area (Å²) in [6, 6.07) is 0.277. The molecule has 0 unspecified atom stereocenters. The first kappa shape index (κ1) is 16.9. The number of nitrogens with one attached hydrogen (secondary N) is 1. The molecule has 1 aliphatic rings. The summed E-state index contributed by atoms with van der Waals surface area (Å²) in [6.07, 6.45) is 2.12. The summed E-state index contributed by atoms with van der Waals surface area (Å²) in [6.45, 7) is 8.54. The molecule has 6 heteroatoms. The molecule has 0 aliphatic carbocycles. The lowest BCUT2D eigenvalue weighted by Gasteiger charge is -2.34. The predicted octanol–water partition coefficient (Wildman–Crippen LogP) is 0.384. The number of rotatable bonds is 8. The summed E-state index contributed by atoms with van der Waals surface area (Å²) in [5.74, 6) is -0.658. The first-order chi connectivity index (χ1) is 9.55. The van der Waals surface area contributed by atoms with Gasteiger partial charge in [-0.15, -0.1) is 0 Å². The van der Waals surface area contributed by atoms with Crippen molar-refractivity contribution in [2.24, 2.45) is 0 Å². The summed E-state index contributed by atoms with van der Waals surface area (Å²) < 4.78 is 0. The maximum absolute atomic E-state index is 11.9. The maximum atomic E-state index is 11.9. The third kappa shape index (κ3) is 6.34. The second kappa shape index (κ2) is 8.92. The third-order valence-corrected chi connectivity index (χ3v) is 3.82. The number of carbonyl (C=O) groups is 2. The third-order valence-electron chi connectivity index (χ3n) is 3.82. The summed E-state index contributed by atoms with van der Waals surface area (Å²) in [5.41, 5.74) is 0. The van der Waals surface area contributed by atoms with E-state index >= 15 is 0 Å². The van der Waals surface area contributed by atoms with Gasteiger partial charge in [0.1, 0.15) is 0 Å². The molecular formula is C14H27N3O3. The molecule has 0 radical (unpaired) electrons. The van der Waals surface area contributed by atoms with Gasteiger partial charge >= 0.3 is 5.97 Å². The molecule has 1 fully saturated rings. The van der Waals surface area contributed by atoms with Gasteiger partial charge in [0.2, 0.25) is 5.91 Å². The zero-order valence-corrected chi connectivity index (χ0v) is 12.6. The van der Waals surface area contributed by atoms with E-state index in [1.54, 1.807) is 0 Å². The number of piperazine rings is 1. The van der Waals surface area contributed by atoms with Crippen LogP contribution in [0.3, 0.4) is 0 Å². The van der Waals surface area contributed by atoms with Crippen LogP contribution in [0.5, 0.6) is 0 Å². The van der Waals surface area contributed by atoms with Crippen molar-refractivity contribution >= 4 is 11.9 Å². The number of hydrogen-bond acceptors (Lipinski definition) is 4. The van der Waals surface area contributed by atoms with E-state index in [4.69, 9.17) is 5.11 Å². The van der Waals surface area contributed by atoms with Crippen LogP contribution in [-0.2, 0) is 9.59 Å². The highest BCUT2D eigenvalue weighted by molar-refractivity contribution is 5.78. The number of aliphatic carboxylic acids is 1. The molecule has 6 nitrogen and oxygen atoms in total. The zero-order chi connectivity index (χ0) is 15.0. The Bertz CT molecular complexity index is 311. The van der Waals surface area contributed by atoms with Crippen LogP contribution in [0.2, 0.25) is 0 Å². The van der Waals surface area contributed by atoms with Gasteiger partial charge in [0, 0.05) is 38.8 Å². The topological polar surface area (TPSA) is 72.9 Å². The van der Waals surface area contributed by atoms with Gasteiger partial charge in [-0.2, -0.15) is 0 Å². The smallest absolute Gasteiger partial charge is 0.304 e. The van der Waals surface area contributed by atoms with Crippen molar-refractivity contribution in [1.29, 1.82) is 0 Å². The minimum absolute atomic E-state index is 0.0951. The van der Waals surface area contributed by atoms with Gasteiger partial charge < -0.3 is 15.3 Å². The predicted molar refractivity (Wildman–Crippen MR) is 77.6 cm³/mol. The van der Waals surface area contributed by atoms with Crippen LogP contribution in [0, 0.1) is 0 Å². The first-order valence-corrected chi connectivity index (χ1v) is 7.51. The summed E-state index contributed by atoms with van der Waals surface area (Å²) in [5, 5.41) is 11.7. The average molecular weight is 285 g/mol. The van der Waals surface area contributed by atoms with E-state index in [1.807, 2.05) is 0 Å². The zero-order valence-electron chi connectivity index (χ0n) is 12.6. The standard InChI is InChI=1S/C14H27N3O3/c1-3-12(4-2)15-13(18)11-17-9-7-16(8-10-17)6-5-14(19)20/h12H,3-11H2,1-2H3,(H,15,18)(H,19,20). The second-order valence-electron chi connectivity index (χ2n) is 5.34. The molecule has 0 saturated carbocycles. The van der Waals surface area contributed by atoms with E-state index < -0.39 is 5.97 Å². The van der Waals surface area contributed by atoms with E-state index in [9.17, 15) is 9.59 Å². The van der Waals surface area contributed by atoms with Gasteiger partial charge in [0.05, 0.1) is 13.0 Å². The monoisotopic (exact) mass is 285 g/mol. The summed E-state index contributed by atoms with van der Waals surface area (Å²) in [4.78, 5) is 26.7. The molecular weight excluding hydrogens is 258 g/mol. The van der Waals surface area contributed by atoms with Gasteiger partial charge in [0.25, 0.3) is 0 Å². The minimum Gasteiger partial charge on any atom is -0.481 e. The van der Waals surface area contributed by atoms with Crippen LogP contribution in [0.1, 0.15) is 33.1 Å². The molecule has 116 valence electrons. The second-order valence-corrected chi connectivity index (χ2v) is 5.34. The van der Waals surface area contributed by atoms with Crippen LogP contribution in [0.4, 0.5) is 0 Å².